The van der Waals surface area contributed by atoms with E-state index in [4.69, 9.17) is 16.6 Å². The van der Waals surface area contributed by atoms with Crippen LogP contribution in [0.2, 0.25) is 0 Å². The highest BCUT2D eigenvalue weighted by molar-refractivity contribution is 7.80. The van der Waals surface area contributed by atoms with Gasteiger partial charge in [-0.1, -0.05) is 19.3 Å². The highest BCUT2D eigenvalue weighted by Gasteiger charge is 2.21. The van der Waals surface area contributed by atoms with Crippen molar-refractivity contribution in [3.63, 3.8) is 0 Å². The lowest BCUT2D eigenvalue weighted by molar-refractivity contribution is -0.120. The van der Waals surface area contributed by atoms with Gasteiger partial charge in [-0.25, -0.2) is 0 Å². The molecule has 8 nitrogen and oxygen atoms in total. The van der Waals surface area contributed by atoms with E-state index in [0.29, 0.717) is 17.0 Å². The number of carbonyl (C=O) groups excluding carboxylic acids is 3. The molecule has 1 aliphatic rings. The number of thiocarbonyl (C=S) groups is 1. The van der Waals surface area contributed by atoms with Crippen LogP contribution in [0.4, 0.5) is 5.69 Å². The number of hydrogen-bond acceptors (Lipinski definition) is 5. The molecule has 0 bridgehead atoms. The normalized spacial score (nSPS) is 14.0. The first-order valence-electron chi connectivity index (χ1n) is 10.5. The summed E-state index contributed by atoms with van der Waals surface area (Å²) in [5.74, 6) is 0.469. The predicted molar refractivity (Wildman–Crippen MR) is 125 cm³/mol. The largest absolute Gasteiger partial charge is 0.462 e. The Bertz CT molecular complexity index is 1010. The summed E-state index contributed by atoms with van der Waals surface area (Å²) in [6, 6.07) is 10.1. The van der Waals surface area contributed by atoms with Crippen LogP contribution in [0.15, 0.2) is 46.9 Å². The Hall–Kier alpha value is -3.46. The zero-order valence-electron chi connectivity index (χ0n) is 17.8. The van der Waals surface area contributed by atoms with Gasteiger partial charge in [-0.2, -0.15) is 0 Å². The fourth-order valence-electron chi connectivity index (χ4n) is 3.39. The molecule has 9 heteroatoms. The molecule has 1 heterocycles. The van der Waals surface area contributed by atoms with E-state index >= 15 is 0 Å². The van der Waals surface area contributed by atoms with Gasteiger partial charge in [0.15, 0.2) is 5.11 Å². The zero-order chi connectivity index (χ0) is 22.9. The maximum absolute atomic E-state index is 12.3. The van der Waals surface area contributed by atoms with Gasteiger partial charge < -0.3 is 9.73 Å². The number of rotatable bonds is 5. The minimum atomic E-state index is -0.469. The highest BCUT2D eigenvalue weighted by atomic mass is 32.1. The van der Waals surface area contributed by atoms with Gasteiger partial charge in [0.2, 0.25) is 11.8 Å². The van der Waals surface area contributed by atoms with Crippen LogP contribution in [0.3, 0.4) is 0 Å². The third kappa shape index (κ3) is 7.05. The summed E-state index contributed by atoms with van der Waals surface area (Å²) in [6.45, 7) is 1.81. The molecule has 0 unspecified atom stereocenters. The molecule has 0 saturated heterocycles. The van der Waals surface area contributed by atoms with Gasteiger partial charge in [0, 0.05) is 23.2 Å². The fourth-order valence-corrected chi connectivity index (χ4v) is 3.54. The first-order valence-corrected chi connectivity index (χ1v) is 10.9. The average molecular weight is 455 g/mol. The van der Waals surface area contributed by atoms with Crippen molar-refractivity contribution in [1.82, 2.24) is 16.2 Å². The minimum absolute atomic E-state index is 0.0286. The number of anilines is 1. The number of furan rings is 1. The Morgan fingerprint density at radius 3 is 2.38 bits per heavy atom. The maximum atomic E-state index is 12.3. The second kappa shape index (κ2) is 11.2. The van der Waals surface area contributed by atoms with Gasteiger partial charge in [0.1, 0.15) is 11.5 Å². The molecule has 0 spiro atoms. The van der Waals surface area contributed by atoms with Gasteiger partial charge in [-0.05, 0) is 74.5 Å². The SMILES string of the molecule is Cc1ccc(C=CC(=O)NC(=S)NNC(=O)c2ccc(NC(=O)C3CCCCC3)cc2)o1. The van der Waals surface area contributed by atoms with Crippen LogP contribution in [0, 0.1) is 12.8 Å². The van der Waals surface area contributed by atoms with E-state index < -0.39 is 11.8 Å². The lowest BCUT2D eigenvalue weighted by Gasteiger charge is -2.20. The number of nitrogens with one attached hydrogen (secondary N) is 4. The van der Waals surface area contributed by atoms with Crippen molar-refractivity contribution >= 4 is 46.8 Å². The Labute approximate surface area is 191 Å². The molecule has 1 fully saturated rings. The molecule has 168 valence electrons. The standard InChI is InChI=1S/C23H26N4O4S/c1-15-7-12-19(31-15)13-14-20(28)25-23(32)27-26-22(30)17-8-10-18(11-9-17)24-21(29)16-5-3-2-4-6-16/h7-14,16H,2-6H2,1H3,(H,24,29)(H,26,30)(H2,25,27,28,32). The molecule has 1 saturated carbocycles. The minimum Gasteiger partial charge on any atom is -0.462 e. The van der Waals surface area contributed by atoms with Crippen LogP contribution in [-0.2, 0) is 9.59 Å². The molecular weight excluding hydrogens is 428 g/mol. The molecule has 1 aromatic heterocycles. The van der Waals surface area contributed by atoms with E-state index in [9.17, 15) is 14.4 Å². The van der Waals surface area contributed by atoms with Gasteiger partial charge >= 0.3 is 0 Å². The Kier molecular flexibility index (Phi) is 8.15. The van der Waals surface area contributed by atoms with Crippen molar-refractivity contribution in [2.45, 2.75) is 39.0 Å². The number of aryl methyl sites for hydroxylation is 1. The molecule has 0 radical (unpaired) electrons. The molecular formula is C23H26N4O4S. The van der Waals surface area contributed by atoms with Crippen LogP contribution in [0.25, 0.3) is 6.08 Å². The summed E-state index contributed by atoms with van der Waals surface area (Å²) >= 11 is 5.00. The van der Waals surface area contributed by atoms with Crippen LogP contribution >= 0.6 is 12.2 Å². The summed E-state index contributed by atoms with van der Waals surface area (Å²) in [7, 11) is 0. The molecule has 1 aliphatic carbocycles. The molecule has 0 atom stereocenters. The van der Waals surface area contributed by atoms with E-state index in [-0.39, 0.29) is 16.9 Å². The van der Waals surface area contributed by atoms with Crippen LogP contribution in [-0.4, -0.2) is 22.8 Å². The molecule has 1 aromatic carbocycles. The summed E-state index contributed by atoms with van der Waals surface area (Å²) in [5, 5.41) is 5.27. The van der Waals surface area contributed by atoms with E-state index in [0.717, 1.165) is 31.4 Å². The predicted octanol–water partition coefficient (Wildman–Crippen LogP) is 3.46. The Balaban J connectivity index is 1.42. The zero-order valence-corrected chi connectivity index (χ0v) is 18.6. The fraction of sp³-hybridized carbons (Fsp3) is 0.304. The van der Waals surface area contributed by atoms with E-state index in [1.165, 1.54) is 18.6 Å². The molecule has 0 aliphatic heterocycles. The van der Waals surface area contributed by atoms with Gasteiger partial charge in [-0.3, -0.25) is 30.6 Å². The number of amides is 3. The number of carbonyl (C=O) groups is 3. The Morgan fingerprint density at radius 2 is 1.72 bits per heavy atom. The highest BCUT2D eigenvalue weighted by Crippen LogP contribution is 2.25. The van der Waals surface area contributed by atoms with Gasteiger partial charge in [0.25, 0.3) is 5.91 Å². The van der Waals surface area contributed by atoms with E-state index in [1.54, 1.807) is 43.3 Å². The lowest BCUT2D eigenvalue weighted by atomic mass is 9.88. The molecule has 4 N–H and O–H groups in total. The smallest absolute Gasteiger partial charge is 0.269 e. The summed E-state index contributed by atoms with van der Waals surface area (Å²) in [5.41, 5.74) is 5.91. The van der Waals surface area contributed by atoms with Crippen molar-refractivity contribution in [1.29, 1.82) is 0 Å². The second-order valence-electron chi connectivity index (χ2n) is 7.58. The van der Waals surface area contributed by atoms with Gasteiger partial charge in [-0.15, -0.1) is 0 Å². The van der Waals surface area contributed by atoms with Crippen molar-refractivity contribution in [3.05, 3.63) is 59.6 Å². The van der Waals surface area contributed by atoms with Crippen molar-refractivity contribution in [3.8, 4) is 0 Å². The number of hydrogen-bond donors (Lipinski definition) is 4. The van der Waals surface area contributed by atoms with E-state index in [2.05, 4.69) is 21.5 Å². The second-order valence-corrected chi connectivity index (χ2v) is 7.99. The summed E-state index contributed by atoms with van der Waals surface area (Å²) in [4.78, 5) is 36.5. The molecule has 3 rings (SSSR count). The molecule has 32 heavy (non-hydrogen) atoms. The van der Waals surface area contributed by atoms with Crippen LogP contribution in [0.5, 0.6) is 0 Å². The number of benzene rings is 1. The molecule has 2 aromatic rings. The average Bonchev–Trinajstić information content (AvgIpc) is 3.22. The third-order valence-electron chi connectivity index (χ3n) is 5.08. The first-order chi connectivity index (χ1) is 15.4. The summed E-state index contributed by atoms with van der Waals surface area (Å²) in [6.07, 6.45) is 8.00. The van der Waals surface area contributed by atoms with Crippen LogP contribution < -0.4 is 21.5 Å². The molecule has 3 amide bonds. The Morgan fingerprint density at radius 1 is 1.00 bits per heavy atom. The van der Waals surface area contributed by atoms with Crippen molar-refractivity contribution < 1.29 is 18.8 Å². The van der Waals surface area contributed by atoms with Gasteiger partial charge in [0.05, 0.1) is 0 Å². The van der Waals surface area contributed by atoms with E-state index in [1.807, 2.05) is 0 Å². The first kappa shape index (κ1) is 23.2. The third-order valence-corrected chi connectivity index (χ3v) is 5.28. The topological polar surface area (TPSA) is 112 Å². The van der Waals surface area contributed by atoms with Crippen molar-refractivity contribution in [2.24, 2.45) is 5.92 Å². The van der Waals surface area contributed by atoms with Crippen molar-refractivity contribution in [2.75, 3.05) is 5.32 Å². The summed E-state index contributed by atoms with van der Waals surface area (Å²) < 4.78 is 5.33. The van der Waals surface area contributed by atoms with Crippen LogP contribution in [0.1, 0.15) is 54.0 Å². The monoisotopic (exact) mass is 454 g/mol. The number of hydrazine groups is 1. The maximum Gasteiger partial charge on any atom is 0.269 e. The lowest BCUT2D eigenvalue weighted by Crippen LogP contribution is -2.48. The quantitative estimate of drug-likeness (QED) is 0.313.